The molecule has 4 nitrogen and oxygen atoms in total. The van der Waals surface area contributed by atoms with Crippen LogP contribution in [0.3, 0.4) is 0 Å². The van der Waals surface area contributed by atoms with Crippen molar-refractivity contribution in [3.05, 3.63) is 48.0 Å². The Morgan fingerprint density at radius 3 is 2.07 bits per heavy atom. The van der Waals surface area contributed by atoms with Gasteiger partial charge in [0, 0.05) is 0 Å². The van der Waals surface area contributed by atoms with Crippen molar-refractivity contribution in [1.29, 1.82) is 0 Å². The number of unbranched alkanes of at least 4 members (excludes halogenated alkanes) is 11. The topological polar surface area (TPSA) is 72.5 Å². The number of rotatable bonds is 17. The zero-order valence-electron chi connectivity index (χ0n) is 18.2. The van der Waals surface area contributed by atoms with Crippen molar-refractivity contribution < 1.29 is 14.6 Å². The van der Waals surface area contributed by atoms with E-state index in [1.54, 1.807) is 24.3 Å². The first-order valence-corrected chi connectivity index (χ1v) is 11.5. The van der Waals surface area contributed by atoms with E-state index in [1.807, 2.05) is 18.2 Å². The number of benzene rings is 1. The molecule has 2 atom stereocenters. The normalized spacial score (nSPS) is 13.5. The highest BCUT2D eigenvalue weighted by Gasteiger charge is 2.19. The fourth-order valence-electron chi connectivity index (χ4n) is 3.30. The Morgan fingerprint density at radius 1 is 0.966 bits per heavy atom. The van der Waals surface area contributed by atoms with Gasteiger partial charge in [0.1, 0.15) is 6.10 Å². The molecule has 1 rings (SSSR count). The first kappa shape index (κ1) is 25.4. The van der Waals surface area contributed by atoms with E-state index in [0.717, 1.165) is 12.8 Å². The molecule has 1 aromatic rings. The number of carbonyl (C=O) groups is 1. The van der Waals surface area contributed by atoms with Crippen molar-refractivity contribution in [3.8, 4) is 0 Å². The Bertz CT molecular complexity index is 544. The maximum Gasteiger partial charge on any atom is 0.338 e. The van der Waals surface area contributed by atoms with E-state index in [-0.39, 0.29) is 6.61 Å². The van der Waals surface area contributed by atoms with Gasteiger partial charge in [0.05, 0.1) is 18.2 Å². The zero-order valence-corrected chi connectivity index (χ0v) is 18.2. The van der Waals surface area contributed by atoms with Crippen molar-refractivity contribution in [3.63, 3.8) is 0 Å². The van der Waals surface area contributed by atoms with Gasteiger partial charge >= 0.3 is 5.97 Å². The number of hydrogen-bond donors (Lipinski definition) is 2. The summed E-state index contributed by atoms with van der Waals surface area (Å²) in [5, 5.41) is 9.34. The van der Waals surface area contributed by atoms with Crippen molar-refractivity contribution in [2.24, 2.45) is 5.73 Å². The molecule has 0 aromatic heterocycles. The molecule has 0 fully saturated rings. The average molecular weight is 404 g/mol. The number of carbonyl (C=O) groups excluding carboxylic acids is 1. The third-order valence-electron chi connectivity index (χ3n) is 5.19. The molecular weight excluding hydrogens is 362 g/mol. The smallest absolute Gasteiger partial charge is 0.338 e. The van der Waals surface area contributed by atoms with Crippen molar-refractivity contribution in [1.82, 2.24) is 0 Å². The number of aliphatic hydroxyl groups is 1. The summed E-state index contributed by atoms with van der Waals surface area (Å²) in [7, 11) is 0. The van der Waals surface area contributed by atoms with Gasteiger partial charge in [-0.3, -0.25) is 0 Å². The second-order valence-electron chi connectivity index (χ2n) is 7.83. The van der Waals surface area contributed by atoms with E-state index in [2.05, 4.69) is 6.92 Å². The Hall–Kier alpha value is -1.65. The summed E-state index contributed by atoms with van der Waals surface area (Å²) in [6.45, 7) is 2.03. The molecule has 4 heteroatoms. The van der Waals surface area contributed by atoms with Gasteiger partial charge in [-0.2, -0.15) is 0 Å². The maximum absolute atomic E-state index is 12.2. The van der Waals surface area contributed by atoms with Gasteiger partial charge in [-0.25, -0.2) is 4.79 Å². The van der Waals surface area contributed by atoms with Gasteiger partial charge < -0.3 is 15.6 Å². The molecule has 0 saturated carbocycles. The Kier molecular flexibility index (Phi) is 15.1. The monoisotopic (exact) mass is 403 g/mol. The van der Waals surface area contributed by atoms with E-state index in [1.165, 1.54) is 64.2 Å². The quantitative estimate of drug-likeness (QED) is 0.196. The molecule has 0 heterocycles. The molecule has 1 unspecified atom stereocenters. The molecule has 0 aliphatic heterocycles. The van der Waals surface area contributed by atoms with Gasteiger partial charge in [0.25, 0.3) is 0 Å². The Morgan fingerprint density at radius 2 is 1.52 bits per heavy atom. The molecule has 164 valence electrons. The molecule has 0 radical (unpaired) electrons. The second-order valence-corrected chi connectivity index (χ2v) is 7.83. The van der Waals surface area contributed by atoms with Crippen LogP contribution in [-0.2, 0) is 4.74 Å². The van der Waals surface area contributed by atoms with Crippen molar-refractivity contribution >= 4 is 5.97 Å². The number of allylic oxidation sites excluding steroid dienone is 1. The highest BCUT2D eigenvalue weighted by atomic mass is 16.5. The van der Waals surface area contributed by atoms with Crippen LogP contribution in [0.4, 0.5) is 0 Å². The fourth-order valence-corrected chi connectivity index (χ4v) is 3.30. The standard InChI is InChI=1S/C25H41NO3/c1-2-3-4-5-6-7-8-9-10-11-12-13-17-20-24(23(26)21-27)29-25(28)22-18-15-14-16-19-22/h14-20,23-24,27H,2-13,21,26H2,1H3/b20-17+/t23-,24?/m0/s1. The zero-order chi connectivity index (χ0) is 21.2. The number of nitrogens with two attached hydrogens (primary N) is 1. The van der Waals surface area contributed by atoms with Crippen LogP contribution in [0.15, 0.2) is 42.5 Å². The van der Waals surface area contributed by atoms with Crippen LogP contribution in [0.2, 0.25) is 0 Å². The van der Waals surface area contributed by atoms with Gasteiger partial charge in [0.2, 0.25) is 0 Å². The first-order chi connectivity index (χ1) is 14.2. The summed E-state index contributed by atoms with van der Waals surface area (Å²) in [6.07, 6.45) is 18.7. The van der Waals surface area contributed by atoms with E-state index < -0.39 is 18.1 Å². The summed E-state index contributed by atoms with van der Waals surface area (Å²) in [6, 6.07) is 8.23. The lowest BCUT2D eigenvalue weighted by molar-refractivity contribution is 0.0303. The molecule has 1 aromatic carbocycles. The number of aliphatic hydroxyl groups excluding tert-OH is 1. The summed E-state index contributed by atoms with van der Waals surface area (Å²) in [5.74, 6) is -0.418. The molecule has 0 spiro atoms. The van der Waals surface area contributed by atoms with Crippen molar-refractivity contribution in [2.45, 2.75) is 96.1 Å². The molecule has 0 bridgehead atoms. The lowest BCUT2D eigenvalue weighted by Crippen LogP contribution is -2.39. The van der Waals surface area contributed by atoms with Gasteiger partial charge in [-0.1, -0.05) is 95.4 Å². The molecule has 0 amide bonds. The maximum atomic E-state index is 12.2. The van der Waals surface area contributed by atoms with E-state index in [0.29, 0.717) is 5.56 Å². The second kappa shape index (κ2) is 17.2. The van der Waals surface area contributed by atoms with Gasteiger partial charge in [0.15, 0.2) is 0 Å². The van der Waals surface area contributed by atoms with Crippen LogP contribution in [-0.4, -0.2) is 29.8 Å². The highest BCUT2D eigenvalue weighted by Crippen LogP contribution is 2.13. The number of esters is 1. The molecule has 0 aliphatic carbocycles. The molecular formula is C25H41NO3. The third-order valence-corrected chi connectivity index (χ3v) is 5.19. The van der Waals surface area contributed by atoms with E-state index >= 15 is 0 Å². The number of ether oxygens (including phenoxy) is 1. The fraction of sp³-hybridized carbons (Fsp3) is 0.640. The van der Waals surface area contributed by atoms with Crippen molar-refractivity contribution in [2.75, 3.05) is 6.61 Å². The van der Waals surface area contributed by atoms with Crippen LogP contribution in [0.25, 0.3) is 0 Å². The minimum Gasteiger partial charge on any atom is -0.453 e. The van der Waals surface area contributed by atoms with E-state index in [4.69, 9.17) is 10.5 Å². The number of hydrogen-bond acceptors (Lipinski definition) is 4. The third kappa shape index (κ3) is 12.5. The van der Waals surface area contributed by atoms with E-state index in [9.17, 15) is 9.90 Å². The summed E-state index contributed by atoms with van der Waals surface area (Å²) >= 11 is 0. The Labute approximate surface area is 177 Å². The van der Waals surface area contributed by atoms with Crippen LogP contribution in [0.5, 0.6) is 0 Å². The molecule has 29 heavy (non-hydrogen) atoms. The van der Waals surface area contributed by atoms with Crippen LogP contribution < -0.4 is 5.73 Å². The lowest BCUT2D eigenvalue weighted by atomic mass is 10.0. The molecule has 3 N–H and O–H groups in total. The largest absolute Gasteiger partial charge is 0.453 e. The lowest BCUT2D eigenvalue weighted by Gasteiger charge is -2.19. The summed E-state index contributed by atoms with van der Waals surface area (Å²) in [5.41, 5.74) is 6.40. The molecule has 0 saturated heterocycles. The predicted molar refractivity (Wildman–Crippen MR) is 121 cm³/mol. The predicted octanol–water partition coefficient (Wildman–Crippen LogP) is 5.79. The van der Waals surface area contributed by atoms with Crippen LogP contribution >= 0.6 is 0 Å². The minimum absolute atomic E-state index is 0.227. The van der Waals surface area contributed by atoms with Crippen LogP contribution in [0.1, 0.15) is 94.3 Å². The average Bonchev–Trinajstić information content (AvgIpc) is 2.76. The van der Waals surface area contributed by atoms with Gasteiger partial charge in [-0.05, 0) is 31.1 Å². The Balaban J connectivity index is 2.17. The minimum atomic E-state index is -0.615. The highest BCUT2D eigenvalue weighted by molar-refractivity contribution is 5.89. The first-order valence-electron chi connectivity index (χ1n) is 11.5. The molecule has 0 aliphatic rings. The van der Waals surface area contributed by atoms with Crippen LogP contribution in [0, 0.1) is 0 Å². The summed E-state index contributed by atoms with van der Waals surface area (Å²) in [4.78, 5) is 12.2. The summed E-state index contributed by atoms with van der Waals surface area (Å²) < 4.78 is 5.49. The van der Waals surface area contributed by atoms with Gasteiger partial charge in [-0.15, -0.1) is 0 Å². The SMILES string of the molecule is CCCCCCCCCCCCC/C=C/C(OC(=O)c1ccccc1)[C@@H](N)CO.